The largest absolute Gasteiger partial charge is 0.497 e. The van der Waals surface area contributed by atoms with Crippen molar-refractivity contribution in [3.05, 3.63) is 53.6 Å². The molecule has 1 N–H and O–H groups in total. The Morgan fingerprint density at radius 1 is 1.06 bits per heavy atom. The molecule has 0 fully saturated rings. The van der Waals surface area contributed by atoms with Crippen molar-refractivity contribution >= 4 is 17.6 Å². The summed E-state index contributed by atoms with van der Waals surface area (Å²) < 4.78 is 16.3. The molecule has 0 radical (unpaired) electrons. The molecule has 0 bridgehead atoms. The van der Waals surface area contributed by atoms with E-state index in [1.807, 2.05) is 36.4 Å². The summed E-state index contributed by atoms with van der Waals surface area (Å²) in [4.78, 5) is 23.8. The molecule has 0 aliphatic carbocycles. The number of benzene rings is 2. The number of nitrogens with zero attached hydrogens (tertiary/aromatic N) is 2. The van der Waals surface area contributed by atoms with Gasteiger partial charge >= 0.3 is 5.97 Å². The molecule has 8 nitrogen and oxygen atoms in total. The van der Waals surface area contributed by atoms with E-state index < -0.39 is 12.0 Å². The van der Waals surface area contributed by atoms with Crippen LogP contribution in [0.3, 0.4) is 0 Å². The van der Waals surface area contributed by atoms with Gasteiger partial charge in [-0.25, -0.2) is 5.01 Å². The van der Waals surface area contributed by atoms with Crippen molar-refractivity contribution in [1.29, 1.82) is 0 Å². The molecule has 2 aromatic rings. The maximum atomic E-state index is 13.0. The molecule has 1 aliphatic heterocycles. The van der Waals surface area contributed by atoms with Gasteiger partial charge in [0, 0.05) is 30.4 Å². The molecule has 31 heavy (non-hydrogen) atoms. The first kappa shape index (κ1) is 22.1. The van der Waals surface area contributed by atoms with Crippen molar-refractivity contribution in [2.24, 2.45) is 5.10 Å². The number of rotatable bonds is 9. The van der Waals surface area contributed by atoms with Crippen LogP contribution in [0.2, 0.25) is 0 Å². The third kappa shape index (κ3) is 4.96. The van der Waals surface area contributed by atoms with E-state index >= 15 is 0 Å². The van der Waals surface area contributed by atoms with E-state index in [4.69, 9.17) is 19.3 Å². The third-order valence-corrected chi connectivity index (χ3v) is 5.14. The van der Waals surface area contributed by atoms with Crippen molar-refractivity contribution in [1.82, 2.24) is 5.01 Å². The molecule has 3 rings (SSSR count). The Morgan fingerprint density at radius 3 is 2.52 bits per heavy atom. The monoisotopic (exact) mass is 426 g/mol. The van der Waals surface area contributed by atoms with Gasteiger partial charge in [0.1, 0.15) is 5.75 Å². The molecule has 0 unspecified atom stereocenters. The summed E-state index contributed by atoms with van der Waals surface area (Å²) in [6, 6.07) is 12.6. The number of hydrazone groups is 1. The fraction of sp³-hybridized carbons (Fsp3) is 0.348. The van der Waals surface area contributed by atoms with Crippen LogP contribution in [0, 0.1) is 0 Å². The fourth-order valence-electron chi connectivity index (χ4n) is 3.64. The van der Waals surface area contributed by atoms with Crippen molar-refractivity contribution in [2.45, 2.75) is 31.7 Å². The summed E-state index contributed by atoms with van der Waals surface area (Å²) in [5, 5.41) is 15.0. The average molecular weight is 426 g/mol. The molecule has 0 aromatic heterocycles. The van der Waals surface area contributed by atoms with E-state index in [0.717, 1.165) is 16.8 Å². The van der Waals surface area contributed by atoms with E-state index in [2.05, 4.69) is 5.10 Å². The van der Waals surface area contributed by atoms with Gasteiger partial charge < -0.3 is 19.3 Å². The van der Waals surface area contributed by atoms with Gasteiger partial charge in [0.05, 0.1) is 33.1 Å². The Kier molecular flexibility index (Phi) is 7.12. The van der Waals surface area contributed by atoms with E-state index in [1.165, 1.54) is 5.01 Å². The van der Waals surface area contributed by atoms with Gasteiger partial charge in [0.15, 0.2) is 11.5 Å². The topological polar surface area (TPSA) is 97.7 Å². The van der Waals surface area contributed by atoms with Crippen LogP contribution in [0.5, 0.6) is 17.2 Å². The average Bonchev–Trinajstić information content (AvgIpc) is 3.23. The van der Waals surface area contributed by atoms with Gasteiger partial charge in [-0.2, -0.15) is 5.10 Å². The molecule has 1 aliphatic rings. The first-order valence-electron chi connectivity index (χ1n) is 9.95. The minimum atomic E-state index is -0.930. The molecular weight excluding hydrogens is 400 g/mol. The molecule has 0 saturated heterocycles. The molecule has 2 aromatic carbocycles. The second kappa shape index (κ2) is 9.97. The molecule has 1 heterocycles. The Balaban J connectivity index is 1.97. The van der Waals surface area contributed by atoms with Crippen molar-refractivity contribution < 1.29 is 28.9 Å². The number of carboxylic acid groups (broad SMARTS) is 1. The number of para-hydroxylation sites is 1. The number of carbonyl (C=O) groups excluding carboxylic acids is 1. The smallest absolute Gasteiger partial charge is 0.303 e. The van der Waals surface area contributed by atoms with Crippen LogP contribution in [0.25, 0.3) is 0 Å². The lowest BCUT2D eigenvalue weighted by Crippen LogP contribution is -2.27. The molecule has 164 valence electrons. The van der Waals surface area contributed by atoms with Crippen LogP contribution < -0.4 is 14.2 Å². The number of ether oxygens (including phenoxy) is 3. The van der Waals surface area contributed by atoms with E-state index in [1.54, 1.807) is 27.4 Å². The first-order chi connectivity index (χ1) is 15.0. The van der Waals surface area contributed by atoms with E-state index in [-0.39, 0.29) is 25.2 Å². The lowest BCUT2D eigenvalue weighted by molar-refractivity contribution is -0.137. The Bertz CT molecular complexity index is 988. The molecule has 8 heteroatoms. The summed E-state index contributed by atoms with van der Waals surface area (Å²) in [7, 11) is 4.71. The lowest BCUT2D eigenvalue weighted by Gasteiger charge is -2.24. The Hall–Kier alpha value is -3.55. The normalized spacial score (nSPS) is 15.4. The minimum Gasteiger partial charge on any atom is -0.497 e. The zero-order valence-corrected chi connectivity index (χ0v) is 17.8. The van der Waals surface area contributed by atoms with Crippen LogP contribution in [0.4, 0.5) is 0 Å². The molecule has 0 spiro atoms. The van der Waals surface area contributed by atoms with Gasteiger partial charge in [0.25, 0.3) is 0 Å². The zero-order valence-electron chi connectivity index (χ0n) is 17.8. The summed E-state index contributed by atoms with van der Waals surface area (Å²) in [5.41, 5.74) is 2.36. The second-order valence-electron chi connectivity index (χ2n) is 7.07. The maximum Gasteiger partial charge on any atom is 0.303 e. The van der Waals surface area contributed by atoms with Gasteiger partial charge in [-0.1, -0.05) is 24.3 Å². The predicted molar refractivity (Wildman–Crippen MR) is 115 cm³/mol. The predicted octanol–water partition coefficient (Wildman–Crippen LogP) is 3.65. The highest BCUT2D eigenvalue weighted by Gasteiger charge is 2.35. The SMILES string of the molecule is COc1cccc(C2=NN(C(=O)CCCC(=O)O)[C@H](c3cccc(OC)c3OC)C2)c1. The maximum absolute atomic E-state index is 13.0. The summed E-state index contributed by atoms with van der Waals surface area (Å²) in [6.07, 6.45) is 0.737. The quantitative estimate of drug-likeness (QED) is 0.657. The third-order valence-electron chi connectivity index (χ3n) is 5.14. The fourth-order valence-corrected chi connectivity index (χ4v) is 3.64. The lowest BCUT2D eigenvalue weighted by atomic mass is 9.97. The summed E-state index contributed by atoms with van der Waals surface area (Å²) in [6.45, 7) is 0. The highest BCUT2D eigenvalue weighted by Crippen LogP contribution is 2.42. The zero-order chi connectivity index (χ0) is 22.4. The van der Waals surface area contributed by atoms with Crippen molar-refractivity contribution in [2.75, 3.05) is 21.3 Å². The number of amides is 1. The van der Waals surface area contributed by atoms with Crippen LogP contribution in [0.1, 0.15) is 42.9 Å². The second-order valence-corrected chi connectivity index (χ2v) is 7.07. The van der Waals surface area contributed by atoms with Crippen LogP contribution in [0.15, 0.2) is 47.6 Å². The Labute approximate surface area is 181 Å². The molecule has 0 saturated carbocycles. The van der Waals surface area contributed by atoms with Crippen molar-refractivity contribution in [3.63, 3.8) is 0 Å². The molecular formula is C23H26N2O6. The number of methoxy groups -OCH3 is 3. The van der Waals surface area contributed by atoms with Crippen LogP contribution >= 0.6 is 0 Å². The highest BCUT2D eigenvalue weighted by atomic mass is 16.5. The van der Waals surface area contributed by atoms with Gasteiger partial charge in [0.2, 0.25) is 5.91 Å². The highest BCUT2D eigenvalue weighted by molar-refractivity contribution is 6.03. The van der Waals surface area contributed by atoms with Crippen LogP contribution in [-0.2, 0) is 9.59 Å². The van der Waals surface area contributed by atoms with E-state index in [9.17, 15) is 9.59 Å². The molecule has 1 amide bonds. The first-order valence-corrected chi connectivity index (χ1v) is 9.95. The van der Waals surface area contributed by atoms with Gasteiger partial charge in [-0.05, 0) is 24.6 Å². The van der Waals surface area contributed by atoms with Gasteiger partial charge in [-0.15, -0.1) is 0 Å². The number of hydrogen-bond acceptors (Lipinski definition) is 6. The van der Waals surface area contributed by atoms with Crippen LogP contribution in [-0.4, -0.2) is 49.0 Å². The standard InChI is InChI=1S/C23H26N2O6/c1-29-16-8-4-7-15(13-16)18-14-19(17-9-5-10-20(30-2)23(17)31-3)25(24-18)21(26)11-6-12-22(27)28/h4-5,7-10,13,19H,6,11-12,14H2,1-3H3,(H,27,28)/t19-/m0/s1. The number of hydrogen-bond donors (Lipinski definition) is 1. The summed E-state index contributed by atoms with van der Waals surface area (Å²) in [5.74, 6) is 0.630. The van der Waals surface area contributed by atoms with E-state index in [0.29, 0.717) is 23.7 Å². The summed E-state index contributed by atoms with van der Waals surface area (Å²) >= 11 is 0. The number of carboxylic acids is 1. The number of carbonyl (C=O) groups is 2. The number of aliphatic carboxylic acids is 1. The van der Waals surface area contributed by atoms with Crippen molar-refractivity contribution in [3.8, 4) is 17.2 Å². The minimum absolute atomic E-state index is 0.0703. The Morgan fingerprint density at radius 2 is 1.84 bits per heavy atom. The molecule has 1 atom stereocenters. The van der Waals surface area contributed by atoms with Gasteiger partial charge in [-0.3, -0.25) is 9.59 Å².